The maximum Gasteiger partial charge on any atom is 0.127 e. The van der Waals surface area contributed by atoms with Crippen molar-refractivity contribution < 1.29 is 8.81 Å². The Balaban J connectivity index is 1.82. The number of halogens is 1. The Morgan fingerprint density at radius 3 is 2.38 bits per heavy atom. The molecule has 0 aliphatic rings. The van der Waals surface area contributed by atoms with E-state index in [1.165, 1.54) is 6.07 Å². The van der Waals surface area contributed by atoms with Gasteiger partial charge in [0.15, 0.2) is 0 Å². The van der Waals surface area contributed by atoms with Gasteiger partial charge in [-0.3, -0.25) is 5.32 Å². The van der Waals surface area contributed by atoms with Crippen LogP contribution in [-0.4, -0.2) is 0 Å². The van der Waals surface area contributed by atoms with Crippen LogP contribution >= 0.6 is 0 Å². The first-order valence-electron chi connectivity index (χ1n) is 6.90. The van der Waals surface area contributed by atoms with Crippen molar-refractivity contribution in [3.8, 4) is 0 Å². The van der Waals surface area contributed by atoms with E-state index < -0.39 is 0 Å². The number of benzene rings is 2. The van der Waals surface area contributed by atoms with Crippen molar-refractivity contribution in [1.82, 2.24) is 5.32 Å². The summed E-state index contributed by atoms with van der Waals surface area (Å²) in [5, 5.41) is 3.36. The molecule has 106 valence electrons. The van der Waals surface area contributed by atoms with Crippen LogP contribution in [0.15, 0.2) is 77.4 Å². The van der Waals surface area contributed by atoms with Gasteiger partial charge in [-0.15, -0.1) is 0 Å². The molecule has 3 rings (SSSR count). The quantitative estimate of drug-likeness (QED) is 0.754. The van der Waals surface area contributed by atoms with E-state index in [2.05, 4.69) is 5.32 Å². The summed E-state index contributed by atoms with van der Waals surface area (Å²) in [5.74, 6) is 0.619. The highest BCUT2D eigenvalue weighted by atomic mass is 19.1. The van der Waals surface area contributed by atoms with Gasteiger partial charge >= 0.3 is 0 Å². The zero-order chi connectivity index (χ0) is 14.5. The molecule has 3 heteroatoms. The summed E-state index contributed by atoms with van der Waals surface area (Å²) in [6, 6.07) is 20.5. The second kappa shape index (κ2) is 6.37. The smallest absolute Gasteiger partial charge is 0.127 e. The molecule has 1 heterocycles. The summed E-state index contributed by atoms with van der Waals surface area (Å²) in [6.45, 7) is 0.437. The van der Waals surface area contributed by atoms with E-state index in [4.69, 9.17) is 4.42 Å². The molecule has 0 spiro atoms. The van der Waals surface area contributed by atoms with E-state index in [0.29, 0.717) is 12.1 Å². The fourth-order valence-electron chi connectivity index (χ4n) is 2.34. The Kier molecular flexibility index (Phi) is 4.12. The minimum absolute atomic E-state index is 0.0965. The summed E-state index contributed by atoms with van der Waals surface area (Å²) < 4.78 is 19.2. The fraction of sp³-hybridized carbons (Fsp3) is 0.111. The number of hydrogen-bond acceptors (Lipinski definition) is 2. The molecule has 2 aromatic carbocycles. The van der Waals surface area contributed by atoms with Gasteiger partial charge in [0, 0.05) is 12.1 Å². The number of furan rings is 1. The molecular weight excluding hydrogens is 265 g/mol. The molecule has 0 aliphatic heterocycles. The third kappa shape index (κ3) is 3.20. The topological polar surface area (TPSA) is 25.2 Å². The molecule has 0 amide bonds. The first-order valence-corrected chi connectivity index (χ1v) is 6.90. The van der Waals surface area contributed by atoms with Crippen LogP contribution in [0.5, 0.6) is 0 Å². The molecule has 2 nitrogen and oxygen atoms in total. The summed E-state index contributed by atoms with van der Waals surface area (Å²) >= 11 is 0. The van der Waals surface area contributed by atoms with Crippen LogP contribution in [-0.2, 0) is 6.54 Å². The van der Waals surface area contributed by atoms with Gasteiger partial charge in [0.2, 0.25) is 0 Å². The van der Waals surface area contributed by atoms with Gasteiger partial charge < -0.3 is 4.42 Å². The predicted molar refractivity (Wildman–Crippen MR) is 80.2 cm³/mol. The van der Waals surface area contributed by atoms with Gasteiger partial charge in [-0.25, -0.2) is 4.39 Å². The second-order valence-corrected chi connectivity index (χ2v) is 4.83. The van der Waals surface area contributed by atoms with Gasteiger partial charge in [0.1, 0.15) is 11.6 Å². The molecule has 1 aromatic heterocycles. The molecule has 0 bridgehead atoms. The van der Waals surface area contributed by atoms with Crippen LogP contribution in [0, 0.1) is 5.82 Å². The van der Waals surface area contributed by atoms with E-state index >= 15 is 0 Å². The molecule has 1 atom stereocenters. The zero-order valence-corrected chi connectivity index (χ0v) is 11.5. The minimum atomic E-state index is -0.198. The average Bonchev–Trinajstić information content (AvgIpc) is 3.04. The van der Waals surface area contributed by atoms with E-state index in [1.54, 1.807) is 18.4 Å². The number of nitrogens with one attached hydrogen (secondary N) is 1. The highest BCUT2D eigenvalue weighted by Crippen LogP contribution is 2.23. The molecule has 21 heavy (non-hydrogen) atoms. The third-order valence-electron chi connectivity index (χ3n) is 3.42. The van der Waals surface area contributed by atoms with Gasteiger partial charge in [0.05, 0.1) is 12.3 Å². The van der Waals surface area contributed by atoms with Gasteiger partial charge in [0.25, 0.3) is 0 Å². The SMILES string of the molecule is Fc1ccccc1CNC(c1ccccc1)c1ccco1. The zero-order valence-electron chi connectivity index (χ0n) is 11.5. The van der Waals surface area contributed by atoms with Crippen LogP contribution in [0.3, 0.4) is 0 Å². The molecule has 0 fully saturated rings. The molecule has 1 N–H and O–H groups in total. The third-order valence-corrected chi connectivity index (χ3v) is 3.42. The molecule has 0 aliphatic carbocycles. The number of rotatable bonds is 5. The van der Waals surface area contributed by atoms with Crippen molar-refractivity contribution in [2.75, 3.05) is 0 Å². The lowest BCUT2D eigenvalue weighted by atomic mass is 10.0. The van der Waals surface area contributed by atoms with E-state index in [0.717, 1.165) is 11.3 Å². The van der Waals surface area contributed by atoms with Crippen LogP contribution in [0.25, 0.3) is 0 Å². The lowest BCUT2D eigenvalue weighted by Gasteiger charge is -2.17. The maximum atomic E-state index is 13.7. The van der Waals surface area contributed by atoms with Crippen LogP contribution in [0.4, 0.5) is 4.39 Å². The molecule has 0 saturated carbocycles. The minimum Gasteiger partial charge on any atom is -0.467 e. The maximum absolute atomic E-state index is 13.7. The fourth-order valence-corrected chi connectivity index (χ4v) is 2.34. The van der Waals surface area contributed by atoms with Gasteiger partial charge in [-0.1, -0.05) is 48.5 Å². The summed E-state index contributed by atoms with van der Waals surface area (Å²) in [7, 11) is 0. The van der Waals surface area contributed by atoms with Crippen molar-refractivity contribution in [3.05, 3.63) is 95.7 Å². The summed E-state index contributed by atoms with van der Waals surface area (Å²) in [4.78, 5) is 0. The Bertz CT molecular complexity index is 679. The van der Waals surface area contributed by atoms with Crippen LogP contribution < -0.4 is 5.32 Å². The van der Waals surface area contributed by atoms with E-state index in [9.17, 15) is 4.39 Å². The lowest BCUT2D eigenvalue weighted by molar-refractivity contribution is 0.442. The average molecular weight is 281 g/mol. The molecular formula is C18H16FNO. The van der Waals surface area contributed by atoms with E-state index in [1.807, 2.05) is 48.5 Å². The van der Waals surface area contributed by atoms with Crippen molar-refractivity contribution in [1.29, 1.82) is 0 Å². The monoisotopic (exact) mass is 281 g/mol. The second-order valence-electron chi connectivity index (χ2n) is 4.83. The highest BCUT2D eigenvalue weighted by Gasteiger charge is 2.16. The summed E-state index contributed by atoms with van der Waals surface area (Å²) in [6.07, 6.45) is 1.65. The van der Waals surface area contributed by atoms with Crippen molar-refractivity contribution in [2.24, 2.45) is 0 Å². The molecule has 1 unspecified atom stereocenters. The molecule has 3 aromatic rings. The predicted octanol–water partition coefficient (Wildman–Crippen LogP) is 4.30. The Morgan fingerprint density at radius 2 is 1.67 bits per heavy atom. The Hall–Kier alpha value is -2.39. The Morgan fingerprint density at radius 1 is 0.905 bits per heavy atom. The first kappa shape index (κ1) is 13.6. The van der Waals surface area contributed by atoms with Crippen molar-refractivity contribution in [2.45, 2.75) is 12.6 Å². The highest BCUT2D eigenvalue weighted by molar-refractivity contribution is 5.27. The van der Waals surface area contributed by atoms with Crippen molar-refractivity contribution >= 4 is 0 Å². The van der Waals surface area contributed by atoms with E-state index in [-0.39, 0.29) is 11.9 Å². The largest absolute Gasteiger partial charge is 0.467 e. The number of hydrogen-bond donors (Lipinski definition) is 1. The van der Waals surface area contributed by atoms with Crippen molar-refractivity contribution in [3.63, 3.8) is 0 Å². The van der Waals surface area contributed by atoms with Crippen LogP contribution in [0.1, 0.15) is 22.9 Å². The summed E-state index contributed by atoms with van der Waals surface area (Å²) in [5.41, 5.74) is 1.73. The lowest BCUT2D eigenvalue weighted by Crippen LogP contribution is -2.22. The normalized spacial score (nSPS) is 12.2. The van der Waals surface area contributed by atoms with Gasteiger partial charge in [-0.2, -0.15) is 0 Å². The van der Waals surface area contributed by atoms with Crippen LogP contribution in [0.2, 0.25) is 0 Å². The first-order chi connectivity index (χ1) is 10.3. The standard InChI is InChI=1S/C18H16FNO/c19-16-10-5-4-9-15(16)13-20-18(17-11-6-12-21-17)14-7-2-1-3-8-14/h1-12,18,20H,13H2. The molecule has 0 radical (unpaired) electrons. The molecule has 0 saturated heterocycles. The Labute approximate surface area is 123 Å². The van der Waals surface area contributed by atoms with Gasteiger partial charge in [-0.05, 0) is 23.8 Å².